The molecule has 0 aromatic heterocycles. The van der Waals surface area contributed by atoms with E-state index in [-0.39, 0.29) is 5.75 Å². The van der Waals surface area contributed by atoms with Gasteiger partial charge in [0.05, 0.1) is 5.75 Å². The van der Waals surface area contributed by atoms with Gasteiger partial charge < -0.3 is 5.73 Å². The molecule has 1 aromatic carbocycles. The molecule has 1 rings (SSSR count). The van der Waals surface area contributed by atoms with Crippen LogP contribution in [0.1, 0.15) is 19.4 Å². The standard InChI is InChI=1S/C11H18N2O2S/c1-3-13(16(14,15)4-2)9-10-7-5-6-8-11(10)12/h5-8H,3-4,9,12H2,1-2H3. The second kappa shape index (κ2) is 5.32. The Kier molecular flexibility index (Phi) is 4.32. The average molecular weight is 242 g/mol. The van der Waals surface area contributed by atoms with Crippen molar-refractivity contribution in [3.05, 3.63) is 29.8 Å². The minimum absolute atomic E-state index is 0.119. The van der Waals surface area contributed by atoms with Crippen LogP contribution in [0.25, 0.3) is 0 Å². The predicted octanol–water partition coefficient (Wildman–Crippen LogP) is 1.44. The molecule has 0 radical (unpaired) electrons. The molecule has 0 unspecified atom stereocenters. The van der Waals surface area contributed by atoms with E-state index in [1.165, 1.54) is 4.31 Å². The topological polar surface area (TPSA) is 63.4 Å². The Hall–Kier alpha value is -1.07. The summed E-state index contributed by atoms with van der Waals surface area (Å²) in [5, 5.41) is 0. The van der Waals surface area contributed by atoms with E-state index in [1.54, 1.807) is 13.0 Å². The van der Waals surface area contributed by atoms with Gasteiger partial charge in [-0.3, -0.25) is 0 Å². The summed E-state index contributed by atoms with van der Waals surface area (Å²) in [6, 6.07) is 7.33. The molecule has 0 fully saturated rings. The van der Waals surface area contributed by atoms with Crippen molar-refractivity contribution in [1.29, 1.82) is 0 Å². The number of para-hydroxylation sites is 1. The van der Waals surface area contributed by atoms with Gasteiger partial charge in [-0.2, -0.15) is 4.31 Å². The first kappa shape index (κ1) is 13.0. The highest BCUT2D eigenvalue weighted by Crippen LogP contribution is 2.15. The summed E-state index contributed by atoms with van der Waals surface area (Å²) in [4.78, 5) is 0. The molecule has 0 aliphatic carbocycles. The Morgan fingerprint density at radius 2 is 1.88 bits per heavy atom. The Morgan fingerprint density at radius 3 is 2.38 bits per heavy atom. The zero-order chi connectivity index (χ0) is 12.2. The summed E-state index contributed by atoms with van der Waals surface area (Å²) in [7, 11) is -3.15. The third-order valence-electron chi connectivity index (χ3n) is 2.51. The molecule has 0 amide bonds. The van der Waals surface area contributed by atoms with Gasteiger partial charge in [0.1, 0.15) is 0 Å². The Morgan fingerprint density at radius 1 is 1.25 bits per heavy atom. The molecule has 16 heavy (non-hydrogen) atoms. The average Bonchev–Trinajstić information content (AvgIpc) is 2.27. The van der Waals surface area contributed by atoms with Gasteiger partial charge in [0, 0.05) is 18.8 Å². The molecule has 0 bridgehead atoms. The van der Waals surface area contributed by atoms with Crippen molar-refractivity contribution in [3.8, 4) is 0 Å². The summed E-state index contributed by atoms with van der Waals surface area (Å²) >= 11 is 0. The number of nitrogen functional groups attached to an aromatic ring is 1. The van der Waals surface area contributed by atoms with E-state index < -0.39 is 10.0 Å². The number of hydrogen-bond acceptors (Lipinski definition) is 3. The highest BCUT2D eigenvalue weighted by Gasteiger charge is 2.18. The summed E-state index contributed by atoms with van der Waals surface area (Å²) in [6.07, 6.45) is 0. The SMILES string of the molecule is CCN(Cc1ccccc1N)S(=O)(=O)CC. The normalized spacial score (nSPS) is 11.9. The van der Waals surface area contributed by atoms with Crippen molar-refractivity contribution in [2.75, 3.05) is 18.0 Å². The second-order valence-electron chi connectivity index (χ2n) is 3.53. The van der Waals surface area contributed by atoms with Crippen LogP contribution in [0.15, 0.2) is 24.3 Å². The van der Waals surface area contributed by atoms with Gasteiger partial charge >= 0.3 is 0 Å². The number of nitrogens with two attached hydrogens (primary N) is 1. The third kappa shape index (κ3) is 2.96. The molecule has 0 aliphatic heterocycles. The molecule has 0 saturated heterocycles. The van der Waals surface area contributed by atoms with E-state index in [1.807, 2.05) is 25.1 Å². The second-order valence-corrected chi connectivity index (χ2v) is 5.78. The van der Waals surface area contributed by atoms with Crippen molar-refractivity contribution < 1.29 is 8.42 Å². The summed E-state index contributed by atoms with van der Waals surface area (Å²) in [5.41, 5.74) is 7.27. The van der Waals surface area contributed by atoms with Gasteiger partial charge in [0.2, 0.25) is 10.0 Å². The molecule has 1 aromatic rings. The van der Waals surface area contributed by atoms with Crippen molar-refractivity contribution in [3.63, 3.8) is 0 Å². The summed E-state index contributed by atoms with van der Waals surface area (Å²) < 4.78 is 24.9. The van der Waals surface area contributed by atoms with Gasteiger partial charge in [-0.25, -0.2) is 8.42 Å². The summed E-state index contributed by atoms with van der Waals surface area (Å²) in [5.74, 6) is 0.119. The first-order chi connectivity index (χ1) is 7.51. The van der Waals surface area contributed by atoms with Crippen LogP contribution >= 0.6 is 0 Å². The molecule has 5 heteroatoms. The van der Waals surface area contributed by atoms with Crippen molar-refractivity contribution in [2.45, 2.75) is 20.4 Å². The summed E-state index contributed by atoms with van der Waals surface area (Å²) in [6.45, 7) is 4.28. The van der Waals surface area contributed by atoms with E-state index in [0.717, 1.165) is 5.56 Å². The lowest BCUT2D eigenvalue weighted by Gasteiger charge is -2.20. The highest BCUT2D eigenvalue weighted by atomic mass is 32.2. The molecule has 0 spiro atoms. The van der Waals surface area contributed by atoms with E-state index in [4.69, 9.17) is 5.73 Å². The fourth-order valence-corrected chi connectivity index (χ4v) is 2.55. The number of benzene rings is 1. The number of sulfonamides is 1. The van der Waals surface area contributed by atoms with E-state index in [2.05, 4.69) is 0 Å². The van der Waals surface area contributed by atoms with Crippen molar-refractivity contribution in [1.82, 2.24) is 4.31 Å². The largest absolute Gasteiger partial charge is 0.398 e. The van der Waals surface area contributed by atoms with Crippen LogP contribution < -0.4 is 5.73 Å². The molecule has 2 N–H and O–H groups in total. The lowest BCUT2D eigenvalue weighted by atomic mass is 10.2. The lowest BCUT2D eigenvalue weighted by molar-refractivity contribution is 0.425. The van der Waals surface area contributed by atoms with Crippen LogP contribution in [0.2, 0.25) is 0 Å². The first-order valence-electron chi connectivity index (χ1n) is 5.32. The Bertz CT molecular complexity index is 443. The fraction of sp³-hybridized carbons (Fsp3) is 0.455. The minimum Gasteiger partial charge on any atom is -0.398 e. The number of nitrogens with zero attached hydrogens (tertiary/aromatic N) is 1. The fourth-order valence-electron chi connectivity index (χ4n) is 1.46. The highest BCUT2D eigenvalue weighted by molar-refractivity contribution is 7.89. The van der Waals surface area contributed by atoms with Gasteiger partial charge in [-0.05, 0) is 18.6 Å². The minimum atomic E-state index is -3.15. The first-order valence-corrected chi connectivity index (χ1v) is 6.93. The smallest absolute Gasteiger partial charge is 0.214 e. The van der Waals surface area contributed by atoms with Crippen LogP contribution in [-0.4, -0.2) is 25.0 Å². The predicted molar refractivity (Wildman–Crippen MR) is 66.4 cm³/mol. The van der Waals surface area contributed by atoms with Gasteiger partial charge in [-0.15, -0.1) is 0 Å². The molecule has 0 saturated carbocycles. The van der Waals surface area contributed by atoms with Crippen LogP contribution in [0, 0.1) is 0 Å². The van der Waals surface area contributed by atoms with Gasteiger partial charge in [0.15, 0.2) is 0 Å². The van der Waals surface area contributed by atoms with Crippen molar-refractivity contribution in [2.24, 2.45) is 0 Å². The van der Waals surface area contributed by atoms with E-state index in [9.17, 15) is 8.42 Å². The molecule has 0 aliphatic rings. The Labute approximate surface area is 97.1 Å². The van der Waals surface area contributed by atoms with Crippen molar-refractivity contribution >= 4 is 15.7 Å². The number of hydrogen-bond donors (Lipinski definition) is 1. The van der Waals surface area contributed by atoms with Crippen LogP contribution in [0.5, 0.6) is 0 Å². The maximum absolute atomic E-state index is 11.7. The van der Waals surface area contributed by atoms with Crippen LogP contribution in [0.4, 0.5) is 5.69 Å². The monoisotopic (exact) mass is 242 g/mol. The van der Waals surface area contributed by atoms with Crippen LogP contribution in [0.3, 0.4) is 0 Å². The number of rotatable bonds is 5. The lowest BCUT2D eigenvalue weighted by Crippen LogP contribution is -2.31. The quantitative estimate of drug-likeness (QED) is 0.795. The van der Waals surface area contributed by atoms with Gasteiger partial charge in [0.25, 0.3) is 0 Å². The zero-order valence-electron chi connectivity index (χ0n) is 9.68. The molecular weight excluding hydrogens is 224 g/mol. The van der Waals surface area contributed by atoms with Gasteiger partial charge in [-0.1, -0.05) is 25.1 Å². The molecule has 0 atom stereocenters. The third-order valence-corrected chi connectivity index (χ3v) is 4.42. The maximum Gasteiger partial charge on any atom is 0.214 e. The van der Waals surface area contributed by atoms with Crippen LogP contribution in [-0.2, 0) is 16.6 Å². The number of anilines is 1. The van der Waals surface area contributed by atoms with E-state index >= 15 is 0 Å². The maximum atomic E-state index is 11.7. The van der Waals surface area contributed by atoms with E-state index in [0.29, 0.717) is 18.8 Å². The molecule has 90 valence electrons. The molecule has 4 nitrogen and oxygen atoms in total. The molecule has 0 heterocycles. The molecular formula is C11H18N2O2S. The zero-order valence-corrected chi connectivity index (χ0v) is 10.5. The Balaban J connectivity index is 2.91.